The van der Waals surface area contributed by atoms with Gasteiger partial charge in [-0.25, -0.2) is 4.39 Å². The molecular formula is C21H24ClFN2O5S. The predicted octanol–water partition coefficient (Wildman–Crippen LogP) is 3.28. The van der Waals surface area contributed by atoms with Crippen LogP contribution >= 0.6 is 23.4 Å². The largest absolute Gasteiger partial charge is 0.490 e. The van der Waals surface area contributed by atoms with Crippen LogP contribution in [0, 0.1) is 11.7 Å². The van der Waals surface area contributed by atoms with E-state index < -0.39 is 17.7 Å². The lowest BCUT2D eigenvalue weighted by Crippen LogP contribution is -2.38. The van der Waals surface area contributed by atoms with E-state index in [9.17, 15) is 18.8 Å². The summed E-state index contributed by atoms with van der Waals surface area (Å²) in [4.78, 5) is 35.2. The number of thioether (sulfide) groups is 1. The van der Waals surface area contributed by atoms with Gasteiger partial charge in [-0.15, -0.1) is 11.8 Å². The first-order valence-electron chi connectivity index (χ1n) is 10.1. The third-order valence-corrected chi connectivity index (χ3v) is 6.77. The second kappa shape index (κ2) is 10.9. The van der Waals surface area contributed by atoms with Crippen LogP contribution in [0.1, 0.15) is 42.5 Å². The first kappa shape index (κ1) is 23.4. The Bertz CT molecular complexity index is 873. The molecule has 31 heavy (non-hydrogen) atoms. The van der Waals surface area contributed by atoms with Crippen molar-refractivity contribution in [2.24, 2.45) is 5.92 Å². The van der Waals surface area contributed by atoms with E-state index in [1.54, 1.807) is 6.08 Å². The van der Waals surface area contributed by atoms with E-state index in [1.165, 1.54) is 23.9 Å². The molecule has 10 heteroatoms. The van der Waals surface area contributed by atoms with Gasteiger partial charge in [-0.2, -0.15) is 0 Å². The van der Waals surface area contributed by atoms with Crippen molar-refractivity contribution in [1.29, 1.82) is 0 Å². The average Bonchev–Trinajstić information content (AvgIpc) is 3.18. The van der Waals surface area contributed by atoms with Crippen LogP contribution in [0.5, 0.6) is 5.75 Å². The number of carboxylic acids is 1. The SMILES string of the molecule is O=C(NCCNC(=O)C1CC=C(Cl)S1)c1ccc(OC2CCC(C(=O)O)CC2)cc1F. The quantitative estimate of drug-likeness (QED) is 0.504. The Morgan fingerprint density at radius 3 is 2.48 bits per heavy atom. The summed E-state index contributed by atoms with van der Waals surface area (Å²) >= 11 is 7.13. The average molecular weight is 471 g/mol. The van der Waals surface area contributed by atoms with Crippen LogP contribution < -0.4 is 15.4 Å². The van der Waals surface area contributed by atoms with Crippen LogP contribution in [0.15, 0.2) is 28.6 Å². The van der Waals surface area contributed by atoms with E-state index in [4.69, 9.17) is 21.4 Å². The van der Waals surface area contributed by atoms with Gasteiger partial charge in [0.05, 0.1) is 27.2 Å². The van der Waals surface area contributed by atoms with Crippen LogP contribution in [0.25, 0.3) is 0 Å². The number of carboxylic acid groups (broad SMARTS) is 1. The topological polar surface area (TPSA) is 105 Å². The highest BCUT2D eigenvalue weighted by Crippen LogP contribution is 2.34. The molecule has 2 aliphatic rings. The van der Waals surface area contributed by atoms with Gasteiger partial charge in [-0.05, 0) is 44.2 Å². The van der Waals surface area contributed by atoms with Gasteiger partial charge in [0.25, 0.3) is 5.91 Å². The molecule has 1 aromatic carbocycles. The zero-order chi connectivity index (χ0) is 22.4. The molecule has 1 aliphatic heterocycles. The summed E-state index contributed by atoms with van der Waals surface area (Å²) in [6.07, 6.45) is 4.44. The fourth-order valence-electron chi connectivity index (χ4n) is 3.54. The molecule has 0 bridgehead atoms. The van der Waals surface area contributed by atoms with Crippen LogP contribution in [-0.4, -0.2) is 47.3 Å². The Morgan fingerprint density at radius 1 is 1.16 bits per heavy atom. The van der Waals surface area contributed by atoms with Crippen molar-refractivity contribution in [1.82, 2.24) is 10.6 Å². The zero-order valence-electron chi connectivity index (χ0n) is 16.7. The molecule has 1 saturated carbocycles. The first-order valence-corrected chi connectivity index (χ1v) is 11.4. The maximum absolute atomic E-state index is 14.4. The summed E-state index contributed by atoms with van der Waals surface area (Å²) in [6, 6.07) is 4.04. The standard InChI is InChI=1S/C21H24ClFN2O5S/c22-18-8-7-17(31-18)20(27)25-10-9-24-19(26)15-6-5-14(11-16(15)23)30-13-3-1-12(2-4-13)21(28)29/h5-6,8,11-13,17H,1-4,7,9-10H2,(H,24,26)(H,25,27)(H,28,29). The second-order valence-corrected chi connectivity index (χ2v) is 9.34. The number of nitrogens with one attached hydrogen (secondary N) is 2. The van der Waals surface area contributed by atoms with E-state index in [-0.39, 0.29) is 41.8 Å². The molecule has 0 saturated heterocycles. The summed E-state index contributed by atoms with van der Waals surface area (Å²) in [5.74, 6) is -2.28. The molecule has 0 aromatic heterocycles. The Labute approximate surface area is 188 Å². The summed E-state index contributed by atoms with van der Waals surface area (Å²) in [5.41, 5.74) is -0.115. The molecule has 3 N–H and O–H groups in total. The Balaban J connectivity index is 1.41. The first-order chi connectivity index (χ1) is 14.8. The van der Waals surface area contributed by atoms with Crippen molar-refractivity contribution in [2.45, 2.75) is 43.5 Å². The molecule has 0 spiro atoms. The lowest BCUT2D eigenvalue weighted by molar-refractivity contribution is -0.143. The van der Waals surface area contributed by atoms with Crippen LogP contribution in [0.4, 0.5) is 4.39 Å². The fraction of sp³-hybridized carbons (Fsp3) is 0.476. The molecule has 0 radical (unpaired) electrons. The molecule has 1 aromatic rings. The number of amides is 2. The highest BCUT2D eigenvalue weighted by atomic mass is 35.5. The smallest absolute Gasteiger partial charge is 0.306 e. The molecule has 1 heterocycles. The van der Waals surface area contributed by atoms with Gasteiger partial charge in [0.1, 0.15) is 11.6 Å². The van der Waals surface area contributed by atoms with Gasteiger partial charge in [-0.3, -0.25) is 14.4 Å². The van der Waals surface area contributed by atoms with E-state index in [1.807, 2.05) is 0 Å². The predicted molar refractivity (Wildman–Crippen MR) is 116 cm³/mol. The summed E-state index contributed by atoms with van der Waals surface area (Å²) < 4.78 is 20.7. The van der Waals surface area contributed by atoms with Crippen LogP contribution in [-0.2, 0) is 9.59 Å². The lowest BCUT2D eigenvalue weighted by Gasteiger charge is -2.26. The van der Waals surface area contributed by atoms with Crippen molar-refractivity contribution >= 4 is 41.1 Å². The van der Waals surface area contributed by atoms with Crippen molar-refractivity contribution < 1.29 is 28.6 Å². The molecule has 1 unspecified atom stereocenters. The summed E-state index contributed by atoms with van der Waals surface area (Å²) in [7, 11) is 0. The third-order valence-electron chi connectivity index (χ3n) is 5.26. The number of hydrogen-bond donors (Lipinski definition) is 3. The number of hydrogen-bond acceptors (Lipinski definition) is 5. The monoisotopic (exact) mass is 470 g/mol. The third kappa shape index (κ3) is 6.61. The lowest BCUT2D eigenvalue weighted by atomic mass is 9.87. The van der Waals surface area contributed by atoms with E-state index in [0.29, 0.717) is 42.2 Å². The minimum absolute atomic E-state index is 0.115. The van der Waals surface area contributed by atoms with E-state index in [2.05, 4.69) is 10.6 Å². The second-order valence-electron chi connectivity index (χ2n) is 7.47. The summed E-state index contributed by atoms with van der Waals surface area (Å²) in [5, 5.41) is 14.1. The van der Waals surface area contributed by atoms with Gasteiger partial charge in [0.15, 0.2) is 0 Å². The van der Waals surface area contributed by atoms with Gasteiger partial charge < -0.3 is 20.5 Å². The maximum Gasteiger partial charge on any atom is 0.306 e. The zero-order valence-corrected chi connectivity index (χ0v) is 18.3. The van der Waals surface area contributed by atoms with Crippen LogP contribution in [0.3, 0.4) is 0 Å². The minimum Gasteiger partial charge on any atom is -0.490 e. The number of allylic oxidation sites excluding steroid dienone is 1. The molecule has 1 atom stereocenters. The van der Waals surface area contributed by atoms with Crippen molar-refractivity contribution in [3.8, 4) is 5.75 Å². The fourth-order valence-corrected chi connectivity index (χ4v) is 4.80. The Kier molecular flexibility index (Phi) is 8.20. The van der Waals surface area contributed by atoms with Gasteiger partial charge in [0, 0.05) is 19.2 Å². The molecule has 168 valence electrons. The number of rotatable bonds is 8. The van der Waals surface area contributed by atoms with Gasteiger partial charge >= 0.3 is 5.97 Å². The minimum atomic E-state index is -0.793. The highest BCUT2D eigenvalue weighted by Gasteiger charge is 2.27. The molecule has 3 rings (SSSR count). The van der Waals surface area contributed by atoms with Crippen molar-refractivity contribution in [3.05, 3.63) is 40.0 Å². The highest BCUT2D eigenvalue weighted by molar-refractivity contribution is 8.06. The molecule has 1 fully saturated rings. The number of carbonyl (C=O) groups is 3. The molecule has 2 amide bonds. The molecular weight excluding hydrogens is 447 g/mol. The number of carbonyl (C=O) groups excluding carboxylic acids is 2. The van der Waals surface area contributed by atoms with Crippen molar-refractivity contribution in [2.75, 3.05) is 13.1 Å². The number of ether oxygens (including phenoxy) is 1. The maximum atomic E-state index is 14.4. The van der Waals surface area contributed by atoms with Crippen LogP contribution in [0.2, 0.25) is 0 Å². The Morgan fingerprint density at radius 2 is 1.87 bits per heavy atom. The molecule has 7 nitrogen and oxygen atoms in total. The van der Waals surface area contributed by atoms with Gasteiger partial charge in [-0.1, -0.05) is 17.7 Å². The number of halogens is 2. The normalized spacial score (nSPS) is 23.0. The van der Waals surface area contributed by atoms with Crippen molar-refractivity contribution in [3.63, 3.8) is 0 Å². The Hall–Kier alpha value is -2.26. The summed E-state index contributed by atoms with van der Waals surface area (Å²) in [6.45, 7) is 0.384. The molecule has 1 aliphatic carbocycles. The van der Waals surface area contributed by atoms with E-state index >= 15 is 0 Å². The van der Waals surface area contributed by atoms with E-state index in [0.717, 1.165) is 6.07 Å². The van der Waals surface area contributed by atoms with Gasteiger partial charge in [0.2, 0.25) is 5.91 Å². The number of benzene rings is 1. The number of aliphatic carboxylic acids is 1.